The van der Waals surface area contributed by atoms with Crippen LogP contribution in [0.2, 0.25) is 0 Å². The highest BCUT2D eigenvalue weighted by Crippen LogP contribution is 2.41. The molecule has 4 rings (SSSR count). The van der Waals surface area contributed by atoms with E-state index < -0.39 is 12.2 Å². The Morgan fingerprint density at radius 2 is 2.23 bits per heavy atom. The van der Waals surface area contributed by atoms with Gasteiger partial charge in [-0.1, -0.05) is 0 Å². The maximum atomic E-state index is 13.1. The number of carbonyl (C=O) groups excluding carboxylic acids is 1. The number of nitrogens with one attached hydrogen (secondary N) is 1. The number of amides is 1. The summed E-state index contributed by atoms with van der Waals surface area (Å²) in [5.41, 5.74) is -0.0378. The van der Waals surface area contributed by atoms with Crippen LogP contribution in [-0.4, -0.2) is 58.6 Å². The van der Waals surface area contributed by atoms with Crippen LogP contribution in [0, 0.1) is 0 Å². The van der Waals surface area contributed by atoms with Crippen LogP contribution in [0.25, 0.3) is 0 Å². The second-order valence-corrected chi connectivity index (χ2v) is 6.05. The van der Waals surface area contributed by atoms with Crippen molar-refractivity contribution in [2.75, 3.05) is 31.6 Å². The molecule has 4 heterocycles. The molecule has 120 valence electrons. The molecule has 9 heteroatoms. The largest absolute Gasteiger partial charge is 0.410 e. The van der Waals surface area contributed by atoms with Gasteiger partial charge in [-0.25, -0.2) is 4.68 Å². The highest BCUT2D eigenvalue weighted by molar-refractivity contribution is 5.99. The molecule has 3 aliphatic rings. The zero-order valence-corrected chi connectivity index (χ0v) is 11.7. The Balaban J connectivity index is 1.64. The monoisotopic (exact) mass is 316 g/mol. The third-order valence-corrected chi connectivity index (χ3v) is 4.77. The number of hydrogen-bond acceptors (Lipinski definition) is 4. The zero-order chi connectivity index (χ0) is 15.5. The Kier molecular flexibility index (Phi) is 2.76. The maximum Gasteiger partial charge on any atom is 0.410 e. The van der Waals surface area contributed by atoms with Gasteiger partial charge in [-0.05, 0) is 12.8 Å². The van der Waals surface area contributed by atoms with Gasteiger partial charge < -0.3 is 15.0 Å². The third-order valence-electron chi connectivity index (χ3n) is 4.77. The Morgan fingerprint density at radius 3 is 2.77 bits per heavy atom. The lowest BCUT2D eigenvalue weighted by molar-refractivity contribution is -0.172. The molecule has 0 bridgehead atoms. The highest BCUT2D eigenvalue weighted by Gasteiger charge is 2.54. The molecule has 1 amide bonds. The van der Waals surface area contributed by atoms with Gasteiger partial charge in [0.15, 0.2) is 6.04 Å². The van der Waals surface area contributed by atoms with Crippen molar-refractivity contribution < 1.29 is 22.7 Å². The molecular weight excluding hydrogens is 301 g/mol. The predicted molar refractivity (Wildman–Crippen MR) is 69.6 cm³/mol. The maximum absolute atomic E-state index is 13.1. The van der Waals surface area contributed by atoms with E-state index in [-0.39, 0.29) is 35.8 Å². The number of aromatic nitrogens is 2. The van der Waals surface area contributed by atoms with Crippen molar-refractivity contribution in [3.05, 3.63) is 11.8 Å². The number of anilines is 1. The minimum absolute atomic E-state index is 0.0900. The molecule has 3 aliphatic heterocycles. The van der Waals surface area contributed by atoms with E-state index in [4.69, 9.17) is 4.74 Å². The van der Waals surface area contributed by atoms with Crippen LogP contribution in [-0.2, 0) is 4.74 Å². The second-order valence-electron chi connectivity index (χ2n) is 6.05. The predicted octanol–water partition coefficient (Wildman–Crippen LogP) is 1.42. The molecule has 2 fully saturated rings. The Hall–Kier alpha value is -1.77. The van der Waals surface area contributed by atoms with E-state index in [2.05, 4.69) is 10.4 Å². The second kappa shape index (κ2) is 4.37. The quantitative estimate of drug-likeness (QED) is 0.851. The first-order valence-electron chi connectivity index (χ1n) is 7.20. The van der Waals surface area contributed by atoms with Crippen molar-refractivity contribution in [3.8, 4) is 0 Å². The summed E-state index contributed by atoms with van der Waals surface area (Å²) >= 11 is 0. The molecule has 1 aromatic rings. The lowest BCUT2D eigenvalue weighted by Crippen LogP contribution is -2.72. The van der Waals surface area contributed by atoms with E-state index in [1.54, 1.807) is 4.90 Å². The van der Waals surface area contributed by atoms with Crippen LogP contribution >= 0.6 is 0 Å². The highest BCUT2D eigenvalue weighted by atomic mass is 19.4. The summed E-state index contributed by atoms with van der Waals surface area (Å²) in [5.74, 6) is -0.105. The van der Waals surface area contributed by atoms with Gasteiger partial charge in [-0.3, -0.25) is 4.79 Å². The van der Waals surface area contributed by atoms with Gasteiger partial charge in [0.1, 0.15) is 11.4 Å². The number of ether oxygens (including phenoxy) is 1. The van der Waals surface area contributed by atoms with Crippen LogP contribution < -0.4 is 5.32 Å². The molecule has 0 aromatic carbocycles. The number of carbonyl (C=O) groups is 1. The molecule has 0 aliphatic carbocycles. The topological polar surface area (TPSA) is 59.4 Å². The van der Waals surface area contributed by atoms with Crippen LogP contribution in [0.5, 0.6) is 0 Å². The molecule has 6 nitrogen and oxygen atoms in total. The molecule has 0 saturated carbocycles. The number of fused-ring (bicyclic) bond motifs is 1. The molecule has 22 heavy (non-hydrogen) atoms. The molecule has 1 aromatic heterocycles. The minimum Gasteiger partial charge on any atom is -0.376 e. The molecule has 1 atom stereocenters. The number of rotatable bonds is 1. The van der Waals surface area contributed by atoms with Crippen molar-refractivity contribution in [1.82, 2.24) is 14.7 Å². The van der Waals surface area contributed by atoms with Crippen molar-refractivity contribution in [2.24, 2.45) is 0 Å². The van der Waals surface area contributed by atoms with Crippen LogP contribution in [0.4, 0.5) is 19.0 Å². The average Bonchev–Trinajstić information content (AvgIpc) is 2.77. The van der Waals surface area contributed by atoms with E-state index in [0.717, 1.165) is 11.1 Å². The fraction of sp³-hybridized carbons (Fsp3) is 0.692. The van der Waals surface area contributed by atoms with Gasteiger partial charge in [0.25, 0.3) is 5.91 Å². The lowest BCUT2D eigenvalue weighted by Gasteiger charge is -2.57. The summed E-state index contributed by atoms with van der Waals surface area (Å²) in [5, 5.41) is 6.70. The number of alkyl halides is 3. The number of nitrogens with zero attached hydrogens (tertiary/aromatic N) is 3. The smallest absolute Gasteiger partial charge is 0.376 e. The summed E-state index contributed by atoms with van der Waals surface area (Å²) in [6, 6.07) is -1.68. The lowest BCUT2D eigenvalue weighted by atomic mass is 9.82. The van der Waals surface area contributed by atoms with Crippen molar-refractivity contribution in [3.63, 3.8) is 0 Å². The van der Waals surface area contributed by atoms with E-state index in [0.29, 0.717) is 19.8 Å². The first-order valence-corrected chi connectivity index (χ1v) is 7.20. The molecule has 1 spiro atoms. The fourth-order valence-electron chi connectivity index (χ4n) is 3.32. The van der Waals surface area contributed by atoms with Gasteiger partial charge >= 0.3 is 6.18 Å². The minimum atomic E-state index is -4.37. The normalized spacial score (nSPS) is 26.0. The molecule has 0 radical (unpaired) electrons. The van der Waals surface area contributed by atoms with Gasteiger partial charge in [-0.2, -0.15) is 18.3 Å². The van der Waals surface area contributed by atoms with E-state index >= 15 is 0 Å². The SMILES string of the molecule is O=C(c1cnn2c1NCCC2C(F)(F)F)N1CCC12COC2. The Labute approximate surface area is 124 Å². The van der Waals surface area contributed by atoms with Gasteiger partial charge in [0.2, 0.25) is 0 Å². The standard InChI is InChI=1S/C13H15F3N4O2/c14-13(15,16)9-1-3-17-10-8(5-18-20(9)10)11(21)19-4-2-12(19)6-22-7-12/h5,9,17H,1-4,6-7H2. The Morgan fingerprint density at radius 1 is 1.45 bits per heavy atom. The van der Waals surface area contributed by atoms with E-state index in [1.165, 1.54) is 6.20 Å². The molecule has 1 unspecified atom stereocenters. The third kappa shape index (κ3) is 1.77. The van der Waals surface area contributed by atoms with Gasteiger partial charge in [-0.15, -0.1) is 0 Å². The number of likely N-dealkylation sites (tertiary alicyclic amines) is 1. The summed E-state index contributed by atoms with van der Waals surface area (Å²) < 4.78 is 45.2. The zero-order valence-electron chi connectivity index (χ0n) is 11.7. The average molecular weight is 316 g/mol. The van der Waals surface area contributed by atoms with Crippen LogP contribution in [0.15, 0.2) is 6.20 Å². The van der Waals surface area contributed by atoms with Crippen LogP contribution in [0.1, 0.15) is 29.2 Å². The molecular formula is C13H15F3N4O2. The van der Waals surface area contributed by atoms with Crippen molar-refractivity contribution in [1.29, 1.82) is 0 Å². The fourth-order valence-corrected chi connectivity index (χ4v) is 3.32. The summed E-state index contributed by atoms with van der Waals surface area (Å²) in [6.07, 6.45) is -2.35. The summed E-state index contributed by atoms with van der Waals surface area (Å²) in [7, 11) is 0. The first-order chi connectivity index (χ1) is 10.4. The summed E-state index contributed by atoms with van der Waals surface area (Å²) in [6.45, 7) is 1.78. The number of hydrogen-bond donors (Lipinski definition) is 1. The molecule has 2 saturated heterocycles. The van der Waals surface area contributed by atoms with Crippen LogP contribution in [0.3, 0.4) is 0 Å². The number of halogens is 3. The van der Waals surface area contributed by atoms with Crippen molar-refractivity contribution >= 4 is 11.7 Å². The summed E-state index contributed by atoms with van der Waals surface area (Å²) in [4.78, 5) is 14.3. The van der Waals surface area contributed by atoms with Crippen molar-refractivity contribution in [2.45, 2.75) is 30.6 Å². The first kappa shape index (κ1) is 13.9. The van der Waals surface area contributed by atoms with E-state index in [9.17, 15) is 18.0 Å². The Bertz CT molecular complexity index is 618. The van der Waals surface area contributed by atoms with Gasteiger partial charge in [0, 0.05) is 13.1 Å². The van der Waals surface area contributed by atoms with E-state index in [1.807, 2.05) is 0 Å². The van der Waals surface area contributed by atoms with Gasteiger partial charge in [0.05, 0.1) is 24.9 Å². The molecule has 1 N–H and O–H groups in total.